The molecule has 134 valence electrons. The number of aromatic nitrogens is 2. The van der Waals surface area contributed by atoms with Crippen LogP contribution in [0.1, 0.15) is 6.42 Å². The molecular weight excluding hydrogens is 350 g/mol. The minimum absolute atomic E-state index is 0.0600. The number of hydrogen-bond donors (Lipinski definition) is 1. The van der Waals surface area contributed by atoms with Gasteiger partial charge in [-0.25, -0.2) is 4.98 Å². The van der Waals surface area contributed by atoms with Crippen LogP contribution in [0.3, 0.4) is 0 Å². The molecule has 0 unspecified atom stereocenters. The van der Waals surface area contributed by atoms with Gasteiger partial charge in [-0.05, 0) is 29.7 Å². The summed E-state index contributed by atoms with van der Waals surface area (Å²) in [5.74, 6) is 0.332. The van der Waals surface area contributed by atoms with Crippen molar-refractivity contribution in [1.29, 1.82) is 0 Å². The molecule has 0 radical (unpaired) electrons. The maximum Gasteiger partial charge on any atom is 0.257 e. The Morgan fingerprint density at radius 1 is 1.15 bits per heavy atom. The van der Waals surface area contributed by atoms with Crippen LogP contribution < -0.4 is 10.1 Å². The number of ether oxygens (including phenoxy) is 1. The molecule has 1 aromatic heterocycles. The summed E-state index contributed by atoms with van der Waals surface area (Å²) in [4.78, 5) is 15.9. The molecule has 26 heavy (non-hydrogen) atoms. The topological polar surface area (TPSA) is 56.1 Å². The van der Waals surface area contributed by atoms with Crippen molar-refractivity contribution in [3.63, 3.8) is 0 Å². The molecule has 0 atom stereocenters. The van der Waals surface area contributed by atoms with Crippen LogP contribution >= 0.6 is 11.6 Å². The molecule has 0 spiro atoms. The van der Waals surface area contributed by atoms with Crippen molar-refractivity contribution in [2.75, 3.05) is 13.2 Å². The van der Waals surface area contributed by atoms with Gasteiger partial charge in [-0.15, -0.1) is 0 Å². The second-order valence-electron chi connectivity index (χ2n) is 5.80. The van der Waals surface area contributed by atoms with E-state index in [0.717, 1.165) is 24.1 Å². The number of amides is 1. The summed E-state index contributed by atoms with van der Waals surface area (Å²) in [6, 6.07) is 15.5. The number of rotatable bonds is 8. The van der Waals surface area contributed by atoms with Crippen LogP contribution in [0.15, 0.2) is 67.3 Å². The maximum atomic E-state index is 11.9. The summed E-state index contributed by atoms with van der Waals surface area (Å²) in [7, 11) is 0. The number of nitrogens with one attached hydrogen (secondary N) is 1. The van der Waals surface area contributed by atoms with Gasteiger partial charge in [0.1, 0.15) is 5.75 Å². The van der Waals surface area contributed by atoms with Crippen LogP contribution in [0.25, 0.3) is 11.1 Å². The van der Waals surface area contributed by atoms with E-state index in [9.17, 15) is 4.79 Å². The third kappa shape index (κ3) is 5.10. The molecule has 1 heterocycles. The van der Waals surface area contributed by atoms with Gasteiger partial charge in [-0.3, -0.25) is 4.79 Å². The Morgan fingerprint density at radius 2 is 2.00 bits per heavy atom. The second kappa shape index (κ2) is 9.06. The average molecular weight is 370 g/mol. The number of imidazole rings is 1. The highest BCUT2D eigenvalue weighted by Crippen LogP contribution is 2.30. The Labute approximate surface area is 157 Å². The molecule has 3 aromatic rings. The number of carbonyl (C=O) groups excluding carboxylic acids is 1. The summed E-state index contributed by atoms with van der Waals surface area (Å²) in [5.41, 5.74) is 2.09. The Morgan fingerprint density at radius 3 is 2.73 bits per heavy atom. The Hall–Kier alpha value is -2.79. The van der Waals surface area contributed by atoms with Gasteiger partial charge in [0.2, 0.25) is 0 Å². The lowest BCUT2D eigenvalue weighted by Gasteiger charge is -2.10. The molecule has 0 aliphatic heterocycles. The quantitative estimate of drug-likeness (QED) is 0.614. The van der Waals surface area contributed by atoms with E-state index in [1.54, 1.807) is 18.6 Å². The third-order valence-corrected chi connectivity index (χ3v) is 4.17. The van der Waals surface area contributed by atoms with Gasteiger partial charge in [0.25, 0.3) is 5.91 Å². The fourth-order valence-corrected chi connectivity index (χ4v) is 2.77. The van der Waals surface area contributed by atoms with Crippen molar-refractivity contribution >= 4 is 17.5 Å². The number of halogens is 1. The predicted octanol–water partition coefficient (Wildman–Crippen LogP) is 3.79. The molecule has 6 heteroatoms. The minimum Gasteiger partial charge on any atom is -0.482 e. The Balaban J connectivity index is 1.44. The molecule has 0 fully saturated rings. The smallest absolute Gasteiger partial charge is 0.257 e. The SMILES string of the molecule is O=C(COc1ccc(-c2ccccc2)cc1Cl)NCCCn1ccnc1. The zero-order valence-corrected chi connectivity index (χ0v) is 15.0. The molecule has 0 saturated carbocycles. The fourth-order valence-electron chi connectivity index (χ4n) is 2.53. The molecule has 0 aliphatic rings. The number of carbonyl (C=O) groups is 1. The summed E-state index contributed by atoms with van der Waals surface area (Å²) < 4.78 is 7.50. The monoisotopic (exact) mass is 369 g/mol. The zero-order chi connectivity index (χ0) is 18.2. The number of nitrogens with zero attached hydrogens (tertiary/aromatic N) is 2. The van der Waals surface area contributed by atoms with Crippen molar-refractivity contribution < 1.29 is 9.53 Å². The van der Waals surface area contributed by atoms with Crippen molar-refractivity contribution in [1.82, 2.24) is 14.9 Å². The molecule has 5 nitrogen and oxygen atoms in total. The van der Waals surface area contributed by atoms with Crippen LogP contribution in [0.5, 0.6) is 5.75 Å². The first-order valence-corrected chi connectivity index (χ1v) is 8.80. The highest BCUT2D eigenvalue weighted by Gasteiger charge is 2.07. The van der Waals surface area contributed by atoms with Gasteiger partial charge >= 0.3 is 0 Å². The highest BCUT2D eigenvalue weighted by molar-refractivity contribution is 6.32. The Bertz CT molecular complexity index is 836. The van der Waals surface area contributed by atoms with Gasteiger partial charge in [0.15, 0.2) is 6.61 Å². The number of benzene rings is 2. The molecule has 0 aliphatic carbocycles. The van der Waals surface area contributed by atoms with Crippen molar-refractivity contribution in [2.45, 2.75) is 13.0 Å². The molecule has 0 saturated heterocycles. The van der Waals surface area contributed by atoms with Crippen LogP contribution in [0.4, 0.5) is 0 Å². The number of aryl methyl sites for hydroxylation is 1. The lowest BCUT2D eigenvalue weighted by Crippen LogP contribution is -2.30. The molecule has 2 aromatic carbocycles. The molecule has 1 N–H and O–H groups in total. The summed E-state index contributed by atoms with van der Waals surface area (Å²) in [5, 5.41) is 3.32. The van der Waals surface area contributed by atoms with Crippen LogP contribution in [-0.2, 0) is 11.3 Å². The van der Waals surface area contributed by atoms with Gasteiger partial charge in [-0.2, -0.15) is 0 Å². The van der Waals surface area contributed by atoms with E-state index >= 15 is 0 Å². The van der Waals surface area contributed by atoms with E-state index in [4.69, 9.17) is 16.3 Å². The summed E-state index contributed by atoms with van der Waals surface area (Å²) in [6.45, 7) is 1.34. The second-order valence-corrected chi connectivity index (χ2v) is 6.21. The van der Waals surface area contributed by atoms with Crippen LogP contribution in [-0.4, -0.2) is 28.6 Å². The van der Waals surface area contributed by atoms with E-state index < -0.39 is 0 Å². The summed E-state index contributed by atoms with van der Waals surface area (Å²) >= 11 is 6.28. The van der Waals surface area contributed by atoms with Gasteiger partial charge in [-0.1, -0.05) is 48.0 Å². The van der Waals surface area contributed by atoms with E-state index in [-0.39, 0.29) is 12.5 Å². The van der Waals surface area contributed by atoms with E-state index in [2.05, 4.69) is 10.3 Å². The lowest BCUT2D eigenvalue weighted by atomic mass is 10.1. The fraction of sp³-hybridized carbons (Fsp3) is 0.200. The van der Waals surface area contributed by atoms with Crippen LogP contribution in [0, 0.1) is 0 Å². The first-order valence-electron chi connectivity index (χ1n) is 8.42. The molecule has 1 amide bonds. The van der Waals surface area contributed by atoms with E-state index in [0.29, 0.717) is 17.3 Å². The Kier molecular flexibility index (Phi) is 6.28. The molecular formula is C20H20ClN3O2. The predicted molar refractivity (Wildman–Crippen MR) is 102 cm³/mol. The normalized spacial score (nSPS) is 10.5. The summed E-state index contributed by atoms with van der Waals surface area (Å²) in [6.07, 6.45) is 6.21. The van der Waals surface area contributed by atoms with Crippen LogP contribution in [0.2, 0.25) is 5.02 Å². The first-order chi connectivity index (χ1) is 12.7. The average Bonchev–Trinajstić information content (AvgIpc) is 3.18. The van der Waals surface area contributed by atoms with Crippen molar-refractivity contribution in [2.24, 2.45) is 0 Å². The van der Waals surface area contributed by atoms with E-state index in [1.165, 1.54) is 0 Å². The molecule has 3 rings (SSSR count). The van der Waals surface area contributed by atoms with Crippen molar-refractivity contribution in [3.05, 3.63) is 72.3 Å². The van der Waals surface area contributed by atoms with Gasteiger partial charge in [0, 0.05) is 25.5 Å². The third-order valence-electron chi connectivity index (χ3n) is 3.87. The lowest BCUT2D eigenvalue weighted by molar-refractivity contribution is -0.123. The minimum atomic E-state index is -0.168. The van der Waals surface area contributed by atoms with E-state index in [1.807, 2.05) is 53.2 Å². The largest absolute Gasteiger partial charge is 0.482 e. The van der Waals surface area contributed by atoms with Gasteiger partial charge < -0.3 is 14.6 Å². The highest BCUT2D eigenvalue weighted by atomic mass is 35.5. The maximum absolute atomic E-state index is 11.9. The standard InChI is InChI=1S/C20H20ClN3O2/c21-18-13-17(16-5-2-1-3-6-16)7-8-19(18)26-14-20(25)23-9-4-11-24-12-10-22-15-24/h1-3,5-8,10,12-13,15H,4,9,11,14H2,(H,23,25). The number of hydrogen-bond acceptors (Lipinski definition) is 3. The van der Waals surface area contributed by atoms with Gasteiger partial charge in [0.05, 0.1) is 11.3 Å². The van der Waals surface area contributed by atoms with Crippen molar-refractivity contribution in [3.8, 4) is 16.9 Å². The molecule has 0 bridgehead atoms. The first kappa shape index (κ1) is 18.0. The zero-order valence-electron chi connectivity index (χ0n) is 14.3.